The molecule has 3 rings (SSSR count). The van der Waals surface area contributed by atoms with E-state index in [1.807, 2.05) is 0 Å². The van der Waals surface area contributed by atoms with Crippen LogP contribution in [0, 0.1) is 0 Å². The second-order valence-electron chi connectivity index (χ2n) is 6.94. The van der Waals surface area contributed by atoms with Gasteiger partial charge in [-0.25, -0.2) is 13.2 Å². The molecule has 2 aliphatic rings. The Bertz CT molecular complexity index is 885. The van der Waals surface area contributed by atoms with Gasteiger partial charge in [-0.2, -0.15) is 0 Å². The summed E-state index contributed by atoms with van der Waals surface area (Å²) in [5.74, 6) is -0.116. The molecule has 28 heavy (non-hydrogen) atoms. The second kappa shape index (κ2) is 8.17. The average molecular weight is 409 g/mol. The highest BCUT2D eigenvalue weighted by atomic mass is 32.2. The number of hydrogen-bond donors (Lipinski definition) is 2. The highest BCUT2D eigenvalue weighted by Crippen LogP contribution is 2.22. The molecule has 4 amide bonds. The van der Waals surface area contributed by atoms with E-state index in [2.05, 4.69) is 10.6 Å². The van der Waals surface area contributed by atoms with Crippen molar-refractivity contribution in [2.75, 3.05) is 18.6 Å². The first kappa shape index (κ1) is 20.1. The fraction of sp³-hybridized carbons (Fsp3) is 0.500. The van der Waals surface area contributed by atoms with E-state index < -0.39 is 27.8 Å². The first-order valence-electron chi connectivity index (χ1n) is 9.02. The Morgan fingerprint density at radius 2 is 2.07 bits per heavy atom. The molecule has 2 saturated heterocycles. The number of benzene rings is 1. The monoisotopic (exact) mass is 409 g/mol. The first-order chi connectivity index (χ1) is 13.3. The van der Waals surface area contributed by atoms with Gasteiger partial charge < -0.3 is 15.4 Å². The molecule has 0 spiro atoms. The van der Waals surface area contributed by atoms with Crippen LogP contribution in [0.2, 0.25) is 0 Å². The van der Waals surface area contributed by atoms with Crippen molar-refractivity contribution in [2.45, 2.75) is 37.9 Å². The van der Waals surface area contributed by atoms with Gasteiger partial charge in [-0.05, 0) is 18.9 Å². The zero-order valence-electron chi connectivity index (χ0n) is 15.5. The lowest BCUT2D eigenvalue weighted by atomic mass is 10.1. The summed E-state index contributed by atoms with van der Waals surface area (Å²) < 4.78 is 28.1. The van der Waals surface area contributed by atoms with Gasteiger partial charge in [0.25, 0.3) is 5.91 Å². The molecular formula is C18H23N3O6S. The molecule has 0 unspecified atom stereocenters. The number of carbonyl (C=O) groups excluding carboxylic acids is 3. The van der Waals surface area contributed by atoms with Crippen LogP contribution in [0.5, 0.6) is 5.75 Å². The molecule has 2 N–H and O–H groups in total. The Morgan fingerprint density at radius 1 is 1.32 bits per heavy atom. The molecule has 0 bridgehead atoms. The summed E-state index contributed by atoms with van der Waals surface area (Å²) in [6.45, 7) is 0.0807. The molecule has 2 heterocycles. The Kier molecular flexibility index (Phi) is 5.87. The van der Waals surface area contributed by atoms with Crippen LogP contribution in [0.3, 0.4) is 0 Å². The van der Waals surface area contributed by atoms with Gasteiger partial charge in [-0.3, -0.25) is 14.5 Å². The van der Waals surface area contributed by atoms with Crippen molar-refractivity contribution < 1.29 is 27.5 Å². The van der Waals surface area contributed by atoms with Crippen molar-refractivity contribution in [3.63, 3.8) is 0 Å². The number of ether oxygens (including phenoxy) is 1. The summed E-state index contributed by atoms with van der Waals surface area (Å²) >= 11 is 0. The van der Waals surface area contributed by atoms with E-state index in [1.165, 1.54) is 7.11 Å². The second-order valence-corrected chi connectivity index (χ2v) is 9.17. The highest BCUT2D eigenvalue weighted by Gasteiger charge is 2.38. The molecule has 0 saturated carbocycles. The van der Waals surface area contributed by atoms with Crippen LogP contribution in [0.15, 0.2) is 24.3 Å². The first-order valence-corrected chi connectivity index (χ1v) is 10.8. The number of hydrogen-bond acceptors (Lipinski definition) is 6. The van der Waals surface area contributed by atoms with Crippen molar-refractivity contribution in [3.8, 4) is 5.75 Å². The molecule has 2 atom stereocenters. The van der Waals surface area contributed by atoms with E-state index in [9.17, 15) is 22.8 Å². The van der Waals surface area contributed by atoms with Crippen LogP contribution in [0.1, 0.15) is 24.8 Å². The number of urea groups is 1. The summed E-state index contributed by atoms with van der Waals surface area (Å²) in [7, 11) is -1.56. The zero-order chi connectivity index (χ0) is 20.3. The fourth-order valence-electron chi connectivity index (χ4n) is 3.41. The molecule has 1 aromatic carbocycles. The molecule has 9 nitrogen and oxygen atoms in total. The van der Waals surface area contributed by atoms with Crippen molar-refractivity contribution in [3.05, 3.63) is 29.8 Å². The molecule has 152 valence electrons. The number of sulfone groups is 1. The maximum Gasteiger partial charge on any atom is 0.325 e. The predicted molar refractivity (Wildman–Crippen MR) is 100 cm³/mol. The lowest BCUT2D eigenvalue weighted by molar-refractivity contribution is -0.128. The Balaban J connectivity index is 1.53. The number of methoxy groups -OCH3 is 1. The van der Waals surface area contributed by atoms with E-state index in [0.717, 1.165) is 4.90 Å². The molecule has 0 radical (unpaired) electrons. The van der Waals surface area contributed by atoms with Gasteiger partial charge in [-0.1, -0.05) is 18.2 Å². The molecular weight excluding hydrogens is 386 g/mol. The zero-order valence-corrected chi connectivity index (χ0v) is 16.3. The average Bonchev–Trinajstić information content (AvgIpc) is 3.13. The Hall–Kier alpha value is -2.62. The summed E-state index contributed by atoms with van der Waals surface area (Å²) in [4.78, 5) is 37.9. The number of amides is 4. The molecule has 0 aromatic heterocycles. The third-order valence-corrected chi connectivity index (χ3v) is 6.65. The van der Waals surface area contributed by atoms with E-state index in [0.29, 0.717) is 17.7 Å². The normalized spacial score (nSPS) is 23.5. The number of nitrogens with zero attached hydrogens (tertiary/aromatic N) is 1. The van der Waals surface area contributed by atoms with Gasteiger partial charge in [0.05, 0.1) is 25.2 Å². The number of nitrogens with one attached hydrogen (secondary N) is 2. The van der Waals surface area contributed by atoms with E-state index in [4.69, 9.17) is 4.74 Å². The lowest BCUT2D eigenvalue weighted by Crippen LogP contribution is -2.37. The molecule has 2 fully saturated rings. The standard InChI is InChI=1S/C18H23N3O6S/c1-27-15-5-3-2-4-12(15)10-21-17(23)14(20-18(21)24)6-7-16(22)19-13-8-9-28(25,26)11-13/h2-5,13-14H,6-11H2,1H3,(H,19,22)(H,20,24)/t13-,14+/m1/s1. The van der Waals surface area contributed by atoms with Crippen LogP contribution in [0.25, 0.3) is 0 Å². The van der Waals surface area contributed by atoms with Crippen LogP contribution in [-0.2, 0) is 26.0 Å². The van der Waals surface area contributed by atoms with Crippen LogP contribution < -0.4 is 15.4 Å². The van der Waals surface area contributed by atoms with Gasteiger partial charge in [0.1, 0.15) is 11.8 Å². The smallest absolute Gasteiger partial charge is 0.325 e. The van der Waals surface area contributed by atoms with Crippen molar-refractivity contribution >= 4 is 27.7 Å². The van der Waals surface area contributed by atoms with Gasteiger partial charge in [0, 0.05) is 18.0 Å². The van der Waals surface area contributed by atoms with Gasteiger partial charge in [-0.15, -0.1) is 0 Å². The summed E-state index contributed by atoms with van der Waals surface area (Å²) in [6.07, 6.45) is 0.577. The highest BCUT2D eigenvalue weighted by molar-refractivity contribution is 7.91. The molecule has 2 aliphatic heterocycles. The van der Waals surface area contributed by atoms with Gasteiger partial charge in [0.15, 0.2) is 9.84 Å². The largest absolute Gasteiger partial charge is 0.496 e. The Labute approximate surface area is 163 Å². The number of rotatable bonds is 7. The fourth-order valence-corrected chi connectivity index (χ4v) is 5.08. The van der Waals surface area contributed by atoms with Crippen LogP contribution >= 0.6 is 0 Å². The minimum Gasteiger partial charge on any atom is -0.496 e. The number of imide groups is 1. The summed E-state index contributed by atoms with van der Waals surface area (Å²) in [5.41, 5.74) is 0.703. The minimum atomic E-state index is -3.07. The lowest BCUT2D eigenvalue weighted by Gasteiger charge is -2.15. The van der Waals surface area contributed by atoms with E-state index in [-0.39, 0.29) is 42.8 Å². The molecule has 1 aromatic rings. The maximum atomic E-state index is 12.6. The van der Waals surface area contributed by atoms with Crippen LogP contribution in [-0.4, -0.2) is 61.9 Å². The molecule has 10 heteroatoms. The van der Waals surface area contributed by atoms with E-state index in [1.54, 1.807) is 24.3 Å². The minimum absolute atomic E-state index is 0.0235. The third-order valence-electron chi connectivity index (χ3n) is 4.89. The number of carbonyl (C=O) groups is 3. The van der Waals surface area contributed by atoms with Crippen molar-refractivity contribution in [2.24, 2.45) is 0 Å². The van der Waals surface area contributed by atoms with Gasteiger partial charge >= 0.3 is 6.03 Å². The predicted octanol–water partition coefficient (Wildman–Crippen LogP) is 0.199. The number of para-hydroxylation sites is 1. The molecule has 0 aliphatic carbocycles. The van der Waals surface area contributed by atoms with Crippen molar-refractivity contribution in [1.82, 2.24) is 15.5 Å². The summed E-state index contributed by atoms with van der Waals surface area (Å²) in [5, 5.41) is 5.27. The van der Waals surface area contributed by atoms with Crippen LogP contribution in [0.4, 0.5) is 4.79 Å². The maximum absolute atomic E-state index is 12.6. The third kappa shape index (κ3) is 4.61. The summed E-state index contributed by atoms with van der Waals surface area (Å²) in [6, 6.07) is 5.44. The topological polar surface area (TPSA) is 122 Å². The SMILES string of the molecule is COc1ccccc1CN1C(=O)N[C@@H](CCC(=O)N[C@@H]2CCS(=O)(=O)C2)C1=O. The van der Waals surface area contributed by atoms with Crippen molar-refractivity contribution in [1.29, 1.82) is 0 Å². The Morgan fingerprint density at radius 3 is 2.75 bits per heavy atom. The van der Waals surface area contributed by atoms with Gasteiger partial charge in [0.2, 0.25) is 5.91 Å². The quantitative estimate of drug-likeness (QED) is 0.621. The van der Waals surface area contributed by atoms with E-state index >= 15 is 0 Å².